The lowest BCUT2D eigenvalue weighted by atomic mass is 9.89. The van der Waals surface area contributed by atoms with Gasteiger partial charge in [0.1, 0.15) is 17.4 Å². The Labute approximate surface area is 171 Å². The molecule has 5 heteroatoms. The number of nitrogens with one attached hydrogen (secondary N) is 1. The highest BCUT2D eigenvalue weighted by Gasteiger charge is 2.27. The summed E-state index contributed by atoms with van der Waals surface area (Å²) in [6, 6.07) is 20.2. The Balaban J connectivity index is 1.45. The number of fused-ring (bicyclic) bond motifs is 1. The quantitative estimate of drug-likeness (QED) is 0.492. The molecule has 1 aliphatic heterocycles. The maximum absolute atomic E-state index is 10.9. The first-order chi connectivity index (χ1) is 14.2. The lowest BCUT2D eigenvalue weighted by Crippen LogP contribution is -2.41. The smallest absolute Gasteiger partial charge is 0.152 e. The Kier molecular flexibility index (Phi) is 5.64. The lowest BCUT2D eigenvalue weighted by Gasteiger charge is -2.36. The van der Waals surface area contributed by atoms with E-state index in [0.717, 1.165) is 43.4 Å². The molecule has 0 aliphatic carbocycles. The van der Waals surface area contributed by atoms with Gasteiger partial charge in [-0.25, -0.2) is 4.98 Å². The van der Waals surface area contributed by atoms with Crippen LogP contribution in [0, 0.1) is 17.2 Å². The number of likely N-dealkylation sites (tertiary alicyclic amines) is 1. The van der Waals surface area contributed by atoms with Gasteiger partial charge >= 0.3 is 0 Å². The molecule has 1 fully saturated rings. The molecular weight excluding hydrogens is 360 g/mol. The second-order valence-corrected chi connectivity index (χ2v) is 7.82. The summed E-state index contributed by atoms with van der Waals surface area (Å²) in [5, 5.41) is 20.5. The fraction of sp³-hybridized carbons (Fsp3) is 0.333. The molecule has 0 spiro atoms. The number of aromatic nitrogens is 2. The summed E-state index contributed by atoms with van der Waals surface area (Å²) in [7, 11) is 0. The molecule has 5 nitrogen and oxygen atoms in total. The summed E-state index contributed by atoms with van der Waals surface area (Å²) < 4.78 is 0. The Morgan fingerprint density at radius 3 is 2.55 bits per heavy atom. The molecule has 148 valence electrons. The van der Waals surface area contributed by atoms with E-state index in [1.54, 1.807) is 0 Å². The minimum absolute atomic E-state index is 0.0908. The molecule has 2 heterocycles. The molecule has 1 saturated heterocycles. The highest BCUT2D eigenvalue weighted by Crippen LogP contribution is 2.27. The minimum Gasteiger partial charge on any atom is -0.509 e. The first-order valence-electron chi connectivity index (χ1n) is 10.2. The van der Waals surface area contributed by atoms with Crippen LogP contribution in [0.5, 0.6) is 0 Å². The Morgan fingerprint density at radius 1 is 1.17 bits per heavy atom. The highest BCUT2D eigenvalue weighted by molar-refractivity contribution is 5.83. The standard InChI is InChI=1S/C24H26N4O/c1-17(28-13-11-19(12-14-28)15-18-7-3-2-4-8-18)23(29)20(16-25)24-26-21-9-5-6-10-22(21)27-24/h2-10,17,19,29H,11-15H2,1H3,(H,26,27)/b23-20-/t17-/m1/s1. The lowest BCUT2D eigenvalue weighted by molar-refractivity contribution is 0.132. The summed E-state index contributed by atoms with van der Waals surface area (Å²) in [5.74, 6) is 1.18. The zero-order valence-corrected chi connectivity index (χ0v) is 16.7. The van der Waals surface area contributed by atoms with Gasteiger partial charge in [0.15, 0.2) is 5.82 Å². The molecule has 0 unspecified atom stereocenters. The van der Waals surface area contributed by atoms with Crippen molar-refractivity contribution in [2.24, 2.45) is 5.92 Å². The fourth-order valence-corrected chi connectivity index (χ4v) is 4.18. The molecule has 2 aromatic carbocycles. The number of hydrogen-bond donors (Lipinski definition) is 2. The van der Waals surface area contributed by atoms with Crippen LogP contribution in [-0.2, 0) is 6.42 Å². The number of aliphatic hydroxyl groups is 1. The maximum Gasteiger partial charge on any atom is 0.152 e. The van der Waals surface area contributed by atoms with Gasteiger partial charge in [-0.2, -0.15) is 5.26 Å². The van der Waals surface area contributed by atoms with Gasteiger partial charge in [-0.3, -0.25) is 4.90 Å². The van der Waals surface area contributed by atoms with Gasteiger partial charge in [0, 0.05) is 0 Å². The van der Waals surface area contributed by atoms with Crippen molar-refractivity contribution >= 4 is 16.6 Å². The molecule has 3 aromatic rings. The van der Waals surface area contributed by atoms with Crippen LogP contribution in [0.15, 0.2) is 60.4 Å². The SMILES string of the molecule is C[C@H](/C(O)=C(\C#N)c1nc2ccccc2[nH]1)N1CCC(Cc2ccccc2)CC1. The molecule has 0 amide bonds. The van der Waals surface area contributed by atoms with Crippen molar-refractivity contribution < 1.29 is 5.11 Å². The van der Waals surface area contributed by atoms with E-state index in [1.807, 2.05) is 31.2 Å². The number of allylic oxidation sites excluding steroid dienone is 1. The molecule has 1 atom stereocenters. The van der Waals surface area contributed by atoms with E-state index in [9.17, 15) is 10.4 Å². The van der Waals surface area contributed by atoms with Crippen molar-refractivity contribution in [3.8, 4) is 6.07 Å². The van der Waals surface area contributed by atoms with Crippen molar-refractivity contribution in [3.63, 3.8) is 0 Å². The average Bonchev–Trinajstić information content (AvgIpc) is 3.18. The summed E-state index contributed by atoms with van der Waals surface area (Å²) >= 11 is 0. The van der Waals surface area contributed by atoms with Crippen LogP contribution in [0.4, 0.5) is 0 Å². The molecule has 1 aromatic heterocycles. The number of rotatable bonds is 5. The predicted molar refractivity (Wildman–Crippen MR) is 115 cm³/mol. The maximum atomic E-state index is 10.9. The van der Waals surface area contributed by atoms with Crippen LogP contribution >= 0.6 is 0 Å². The van der Waals surface area contributed by atoms with Gasteiger partial charge in [-0.15, -0.1) is 0 Å². The number of nitrogens with zero attached hydrogens (tertiary/aromatic N) is 3. The van der Waals surface area contributed by atoms with Gasteiger partial charge in [-0.05, 0) is 62.9 Å². The van der Waals surface area contributed by atoms with Crippen LogP contribution in [-0.4, -0.2) is 39.1 Å². The number of aromatic amines is 1. The zero-order valence-electron chi connectivity index (χ0n) is 16.7. The molecule has 0 radical (unpaired) electrons. The Morgan fingerprint density at radius 2 is 1.86 bits per heavy atom. The normalized spacial score (nSPS) is 17.7. The van der Waals surface area contributed by atoms with Gasteiger partial charge < -0.3 is 10.1 Å². The van der Waals surface area contributed by atoms with E-state index in [2.05, 4.69) is 51.3 Å². The molecule has 4 rings (SSSR count). The van der Waals surface area contributed by atoms with Crippen LogP contribution in [0.2, 0.25) is 0 Å². The van der Waals surface area contributed by atoms with E-state index in [1.165, 1.54) is 5.56 Å². The monoisotopic (exact) mass is 386 g/mol. The fourth-order valence-electron chi connectivity index (χ4n) is 4.18. The second kappa shape index (κ2) is 8.50. The van der Waals surface area contributed by atoms with Crippen molar-refractivity contribution in [3.05, 3.63) is 71.7 Å². The van der Waals surface area contributed by atoms with Crippen LogP contribution in [0.1, 0.15) is 31.2 Å². The number of hydrogen-bond acceptors (Lipinski definition) is 4. The van der Waals surface area contributed by atoms with E-state index in [-0.39, 0.29) is 17.4 Å². The number of benzene rings is 2. The molecule has 1 aliphatic rings. The number of aliphatic hydroxyl groups excluding tert-OH is 1. The van der Waals surface area contributed by atoms with Crippen molar-refractivity contribution in [2.75, 3.05) is 13.1 Å². The third-order valence-electron chi connectivity index (χ3n) is 5.95. The molecule has 0 saturated carbocycles. The first-order valence-corrected chi connectivity index (χ1v) is 10.2. The third kappa shape index (κ3) is 4.18. The first kappa shape index (κ1) is 19.2. The molecule has 2 N–H and O–H groups in total. The van der Waals surface area contributed by atoms with Crippen molar-refractivity contribution in [2.45, 2.75) is 32.2 Å². The number of para-hydroxylation sites is 2. The van der Waals surface area contributed by atoms with E-state index < -0.39 is 0 Å². The summed E-state index contributed by atoms with van der Waals surface area (Å²) in [6.45, 7) is 3.80. The van der Waals surface area contributed by atoms with E-state index >= 15 is 0 Å². The number of piperidine rings is 1. The van der Waals surface area contributed by atoms with Crippen molar-refractivity contribution in [1.82, 2.24) is 14.9 Å². The molecule has 29 heavy (non-hydrogen) atoms. The number of nitriles is 1. The second-order valence-electron chi connectivity index (χ2n) is 7.82. The highest BCUT2D eigenvalue weighted by atomic mass is 16.3. The van der Waals surface area contributed by atoms with Crippen LogP contribution in [0.25, 0.3) is 16.6 Å². The predicted octanol–water partition coefficient (Wildman–Crippen LogP) is 4.70. The Hall–Kier alpha value is -3.10. The van der Waals surface area contributed by atoms with Gasteiger partial charge in [0.05, 0.1) is 17.1 Å². The molecular formula is C24H26N4O. The average molecular weight is 386 g/mol. The minimum atomic E-state index is -0.212. The van der Waals surface area contributed by atoms with Gasteiger partial charge in [0.25, 0.3) is 0 Å². The van der Waals surface area contributed by atoms with Crippen LogP contribution < -0.4 is 0 Å². The van der Waals surface area contributed by atoms with Crippen LogP contribution in [0.3, 0.4) is 0 Å². The number of H-pyrrole nitrogens is 1. The molecule has 0 bridgehead atoms. The summed E-state index contributed by atoms with van der Waals surface area (Å²) in [6.07, 6.45) is 3.30. The number of imidazole rings is 1. The van der Waals surface area contributed by atoms with E-state index in [4.69, 9.17) is 0 Å². The van der Waals surface area contributed by atoms with Crippen molar-refractivity contribution in [1.29, 1.82) is 5.26 Å². The summed E-state index contributed by atoms with van der Waals surface area (Å²) in [4.78, 5) is 9.89. The topological polar surface area (TPSA) is 75.9 Å². The zero-order chi connectivity index (χ0) is 20.2. The third-order valence-corrected chi connectivity index (χ3v) is 5.95. The summed E-state index contributed by atoms with van der Waals surface area (Å²) in [5.41, 5.74) is 3.26. The van der Waals surface area contributed by atoms with Gasteiger partial charge in [-0.1, -0.05) is 42.5 Å². The largest absolute Gasteiger partial charge is 0.509 e. The Bertz CT molecular complexity index is 1010. The van der Waals surface area contributed by atoms with Gasteiger partial charge in [0.2, 0.25) is 0 Å². The van der Waals surface area contributed by atoms with E-state index in [0.29, 0.717) is 11.7 Å².